The molecule has 0 aliphatic heterocycles. The molecule has 0 saturated carbocycles. The number of para-hydroxylation sites is 1. The lowest BCUT2D eigenvalue weighted by Gasteiger charge is -2.15. The third-order valence-corrected chi connectivity index (χ3v) is 3.92. The summed E-state index contributed by atoms with van der Waals surface area (Å²) in [4.78, 5) is 28.4. The van der Waals surface area contributed by atoms with E-state index in [4.69, 9.17) is 5.73 Å². The summed E-state index contributed by atoms with van der Waals surface area (Å²) < 4.78 is 0. The first-order valence-electron chi connectivity index (χ1n) is 7.08. The molecule has 2 amide bonds. The van der Waals surface area contributed by atoms with Gasteiger partial charge in [-0.25, -0.2) is 0 Å². The molecule has 1 aliphatic carbocycles. The number of nitrogens with two attached hydrogens (primary N) is 1. The van der Waals surface area contributed by atoms with Gasteiger partial charge >= 0.3 is 0 Å². The Morgan fingerprint density at radius 3 is 2.81 bits per heavy atom. The highest BCUT2D eigenvalue weighted by Gasteiger charge is 2.25. The summed E-state index contributed by atoms with van der Waals surface area (Å²) in [7, 11) is 0. The van der Waals surface area contributed by atoms with E-state index in [0.29, 0.717) is 5.56 Å². The fourth-order valence-corrected chi connectivity index (χ4v) is 2.81. The fourth-order valence-electron chi connectivity index (χ4n) is 2.81. The van der Waals surface area contributed by atoms with Crippen molar-refractivity contribution in [2.45, 2.75) is 32.2 Å². The monoisotopic (exact) mass is 283 g/mol. The van der Waals surface area contributed by atoms with E-state index in [2.05, 4.69) is 10.3 Å². The zero-order chi connectivity index (χ0) is 15.0. The summed E-state index contributed by atoms with van der Waals surface area (Å²) in [5.41, 5.74) is 8.67. The third-order valence-electron chi connectivity index (χ3n) is 3.92. The Kier molecular flexibility index (Phi) is 3.33. The second-order valence-corrected chi connectivity index (χ2v) is 5.38. The van der Waals surface area contributed by atoms with Gasteiger partial charge in [-0.3, -0.25) is 14.6 Å². The highest BCUT2D eigenvalue weighted by Crippen LogP contribution is 2.29. The molecule has 0 saturated heterocycles. The fraction of sp³-hybridized carbons (Fsp3) is 0.312. The summed E-state index contributed by atoms with van der Waals surface area (Å²) in [5, 5.41) is 3.50. The van der Waals surface area contributed by atoms with Gasteiger partial charge in [0.25, 0.3) is 5.91 Å². The van der Waals surface area contributed by atoms with Gasteiger partial charge in [0.15, 0.2) is 0 Å². The van der Waals surface area contributed by atoms with Gasteiger partial charge in [0, 0.05) is 11.1 Å². The summed E-state index contributed by atoms with van der Waals surface area (Å²) in [5.74, 6) is -0.795. The van der Waals surface area contributed by atoms with Gasteiger partial charge < -0.3 is 11.1 Å². The van der Waals surface area contributed by atoms with Crippen LogP contribution >= 0.6 is 0 Å². The van der Waals surface area contributed by atoms with Crippen LogP contribution in [0, 0.1) is 0 Å². The van der Waals surface area contributed by atoms with E-state index in [9.17, 15) is 9.59 Å². The smallest absolute Gasteiger partial charge is 0.252 e. The van der Waals surface area contributed by atoms with Crippen LogP contribution in [0.5, 0.6) is 0 Å². The van der Waals surface area contributed by atoms with E-state index in [1.165, 1.54) is 0 Å². The molecule has 21 heavy (non-hydrogen) atoms. The zero-order valence-electron chi connectivity index (χ0n) is 11.8. The molecule has 0 spiro atoms. The normalized spacial score (nSPS) is 14.7. The quantitative estimate of drug-likeness (QED) is 0.891. The van der Waals surface area contributed by atoms with Crippen LogP contribution in [0.3, 0.4) is 0 Å². The molecule has 3 rings (SSSR count). The van der Waals surface area contributed by atoms with Gasteiger partial charge in [-0.05, 0) is 37.8 Å². The van der Waals surface area contributed by atoms with E-state index in [-0.39, 0.29) is 5.91 Å². The standard InChI is InChI=1S/C16H17N3O2/c1-9(15(17)20)18-16(21)14-10-5-2-3-7-12(10)19-13-8-4-6-11(13)14/h2-3,5,7,9H,4,6,8H2,1H3,(H2,17,20)(H,18,21). The Morgan fingerprint density at radius 1 is 1.29 bits per heavy atom. The Bertz CT molecular complexity index is 740. The first-order valence-corrected chi connectivity index (χ1v) is 7.08. The first kappa shape index (κ1) is 13.5. The van der Waals surface area contributed by atoms with E-state index < -0.39 is 11.9 Å². The van der Waals surface area contributed by atoms with Crippen LogP contribution in [0.15, 0.2) is 24.3 Å². The molecule has 1 aromatic carbocycles. The highest BCUT2D eigenvalue weighted by atomic mass is 16.2. The summed E-state index contributed by atoms with van der Waals surface area (Å²) in [6.45, 7) is 1.59. The Balaban J connectivity index is 2.12. The van der Waals surface area contributed by atoms with Crippen LogP contribution < -0.4 is 11.1 Å². The van der Waals surface area contributed by atoms with Crippen molar-refractivity contribution in [2.75, 3.05) is 0 Å². The van der Waals surface area contributed by atoms with Gasteiger partial charge in [-0.15, -0.1) is 0 Å². The lowest BCUT2D eigenvalue weighted by molar-refractivity contribution is -0.119. The molecule has 1 aliphatic rings. The second kappa shape index (κ2) is 5.16. The van der Waals surface area contributed by atoms with Crippen molar-refractivity contribution in [3.8, 4) is 0 Å². The molecule has 3 N–H and O–H groups in total. The number of amides is 2. The number of pyridine rings is 1. The number of rotatable bonds is 3. The molecule has 108 valence electrons. The lowest BCUT2D eigenvalue weighted by Crippen LogP contribution is -2.42. The van der Waals surface area contributed by atoms with Crippen molar-refractivity contribution in [1.82, 2.24) is 10.3 Å². The molecule has 0 fully saturated rings. The molecule has 5 heteroatoms. The first-order chi connectivity index (χ1) is 10.1. The zero-order valence-corrected chi connectivity index (χ0v) is 11.8. The third kappa shape index (κ3) is 2.35. The van der Waals surface area contributed by atoms with E-state index in [0.717, 1.165) is 41.4 Å². The van der Waals surface area contributed by atoms with E-state index in [1.54, 1.807) is 6.92 Å². The van der Waals surface area contributed by atoms with Gasteiger partial charge in [0.2, 0.25) is 5.91 Å². The largest absolute Gasteiger partial charge is 0.368 e. The van der Waals surface area contributed by atoms with Crippen LogP contribution in [-0.2, 0) is 17.6 Å². The Morgan fingerprint density at radius 2 is 2.05 bits per heavy atom. The molecule has 1 heterocycles. The van der Waals surface area contributed by atoms with Crippen molar-refractivity contribution in [3.05, 3.63) is 41.1 Å². The maximum absolute atomic E-state index is 12.6. The van der Waals surface area contributed by atoms with Gasteiger partial charge in [-0.2, -0.15) is 0 Å². The van der Waals surface area contributed by atoms with E-state index in [1.807, 2.05) is 24.3 Å². The number of hydrogen-bond donors (Lipinski definition) is 2. The average molecular weight is 283 g/mol. The van der Waals surface area contributed by atoms with Gasteiger partial charge in [0.05, 0.1) is 11.1 Å². The number of hydrogen-bond acceptors (Lipinski definition) is 3. The number of carbonyl (C=O) groups excluding carboxylic acids is 2. The molecular formula is C16H17N3O2. The summed E-state index contributed by atoms with van der Waals surface area (Å²) in [6.07, 6.45) is 2.75. The lowest BCUT2D eigenvalue weighted by atomic mass is 10.0. The van der Waals surface area contributed by atoms with Crippen molar-refractivity contribution in [3.63, 3.8) is 0 Å². The SMILES string of the molecule is CC(NC(=O)c1c2c(nc3ccccc13)CCC2)C(N)=O. The van der Waals surface area contributed by atoms with Crippen LogP contribution in [-0.4, -0.2) is 22.8 Å². The van der Waals surface area contributed by atoms with Crippen molar-refractivity contribution in [1.29, 1.82) is 0 Å². The minimum Gasteiger partial charge on any atom is -0.368 e. The van der Waals surface area contributed by atoms with Crippen molar-refractivity contribution in [2.24, 2.45) is 5.73 Å². The second-order valence-electron chi connectivity index (χ2n) is 5.38. The molecular weight excluding hydrogens is 266 g/mol. The van der Waals surface area contributed by atoms with Crippen LogP contribution in [0.25, 0.3) is 10.9 Å². The average Bonchev–Trinajstić information content (AvgIpc) is 2.91. The minimum atomic E-state index is -0.693. The number of benzene rings is 1. The predicted octanol–water partition coefficient (Wildman–Crippen LogP) is 1.33. The number of nitrogens with one attached hydrogen (secondary N) is 1. The number of aromatic nitrogens is 1. The number of fused-ring (bicyclic) bond motifs is 2. The van der Waals surface area contributed by atoms with Crippen molar-refractivity contribution >= 4 is 22.7 Å². The number of primary amides is 1. The van der Waals surface area contributed by atoms with E-state index >= 15 is 0 Å². The molecule has 1 atom stereocenters. The molecule has 2 aromatic rings. The maximum Gasteiger partial charge on any atom is 0.252 e. The molecule has 0 bridgehead atoms. The minimum absolute atomic E-state index is 0.252. The van der Waals surface area contributed by atoms with Crippen molar-refractivity contribution < 1.29 is 9.59 Å². The molecule has 0 radical (unpaired) electrons. The van der Waals surface area contributed by atoms with Crippen LogP contribution in [0.4, 0.5) is 0 Å². The Hall–Kier alpha value is -2.43. The van der Waals surface area contributed by atoms with Crippen LogP contribution in [0.2, 0.25) is 0 Å². The Labute approximate surface area is 122 Å². The maximum atomic E-state index is 12.6. The number of nitrogens with zero attached hydrogens (tertiary/aromatic N) is 1. The summed E-state index contributed by atoms with van der Waals surface area (Å²) in [6, 6.07) is 6.90. The number of aryl methyl sites for hydroxylation is 1. The number of carbonyl (C=O) groups is 2. The molecule has 5 nitrogen and oxygen atoms in total. The highest BCUT2D eigenvalue weighted by molar-refractivity contribution is 6.08. The van der Waals surface area contributed by atoms with Crippen LogP contribution in [0.1, 0.15) is 35.0 Å². The summed E-state index contributed by atoms with van der Waals surface area (Å²) >= 11 is 0. The predicted molar refractivity (Wildman–Crippen MR) is 79.9 cm³/mol. The topological polar surface area (TPSA) is 85.1 Å². The molecule has 1 aromatic heterocycles. The van der Waals surface area contributed by atoms with Gasteiger partial charge in [-0.1, -0.05) is 18.2 Å². The molecule has 1 unspecified atom stereocenters. The van der Waals surface area contributed by atoms with Gasteiger partial charge in [0.1, 0.15) is 6.04 Å².